The first-order valence-corrected chi connectivity index (χ1v) is 11.2. The lowest BCUT2D eigenvalue weighted by atomic mass is 10.1. The maximum absolute atomic E-state index is 13.4. The van der Waals surface area contributed by atoms with Crippen molar-refractivity contribution in [2.75, 3.05) is 18.5 Å². The highest BCUT2D eigenvalue weighted by molar-refractivity contribution is 6.02. The molecular formula is C25H22N6O3. The lowest BCUT2D eigenvalue weighted by Crippen LogP contribution is -2.35. The summed E-state index contributed by atoms with van der Waals surface area (Å²) < 4.78 is 13.4. The summed E-state index contributed by atoms with van der Waals surface area (Å²) in [5, 5.41) is 11.4. The Morgan fingerprint density at radius 2 is 2.00 bits per heavy atom. The highest BCUT2D eigenvalue weighted by atomic mass is 16.6. The van der Waals surface area contributed by atoms with Gasteiger partial charge in [0.1, 0.15) is 12.7 Å². The van der Waals surface area contributed by atoms with Crippen LogP contribution in [-0.2, 0) is 6.42 Å². The quantitative estimate of drug-likeness (QED) is 0.419. The Labute approximate surface area is 194 Å². The second-order valence-electron chi connectivity index (χ2n) is 8.13. The fraction of sp³-hybridized carbons (Fsp3) is 0.200. The lowest BCUT2D eigenvalue weighted by molar-refractivity contribution is 0.0996. The Hall–Kier alpha value is -4.40. The van der Waals surface area contributed by atoms with Crippen LogP contribution < -0.4 is 20.3 Å². The summed E-state index contributed by atoms with van der Waals surface area (Å²) in [6.45, 7) is 2.95. The molecule has 9 nitrogen and oxygen atoms in total. The molecule has 1 aliphatic rings. The number of anilines is 1. The molecule has 0 radical (unpaired) electrons. The largest absolute Gasteiger partial charge is 0.486 e. The van der Waals surface area contributed by atoms with Crippen molar-refractivity contribution in [3.63, 3.8) is 0 Å². The summed E-state index contributed by atoms with van der Waals surface area (Å²) >= 11 is 0. The standard InChI is InChI=1S/C25H22N6O3/c1-2-15-6-5-7-16(10-15)31-23-18(22-19(24(31)32)13-28-30-22)12-27-25(29-23)26-11-17-14-33-20-8-3-4-9-21(20)34-17/h3-10,12-13,17H,2,11,14H2,1H3,(H,28,30)(H,26,27,29)/t17-/m0/s1. The zero-order valence-corrected chi connectivity index (χ0v) is 18.5. The van der Waals surface area contributed by atoms with Gasteiger partial charge >= 0.3 is 0 Å². The van der Waals surface area contributed by atoms with Gasteiger partial charge in [0, 0.05) is 6.20 Å². The second-order valence-corrected chi connectivity index (χ2v) is 8.13. The summed E-state index contributed by atoms with van der Waals surface area (Å²) in [5.74, 6) is 1.85. The number of rotatable bonds is 5. The van der Waals surface area contributed by atoms with E-state index in [2.05, 4.69) is 27.4 Å². The molecule has 1 aliphatic heterocycles. The normalized spacial score (nSPS) is 15.0. The summed E-state index contributed by atoms with van der Waals surface area (Å²) in [6, 6.07) is 15.5. The van der Waals surface area contributed by atoms with E-state index < -0.39 is 0 Å². The minimum Gasteiger partial charge on any atom is -0.486 e. The number of benzene rings is 2. The molecule has 0 spiro atoms. The number of para-hydroxylation sites is 2. The number of fused-ring (bicyclic) bond motifs is 4. The van der Waals surface area contributed by atoms with Crippen molar-refractivity contribution in [2.45, 2.75) is 19.4 Å². The third-order valence-corrected chi connectivity index (χ3v) is 5.96. The van der Waals surface area contributed by atoms with Gasteiger partial charge in [-0.1, -0.05) is 31.2 Å². The van der Waals surface area contributed by atoms with Crippen LogP contribution in [0.3, 0.4) is 0 Å². The molecule has 0 amide bonds. The van der Waals surface area contributed by atoms with Crippen LogP contribution in [-0.4, -0.2) is 44.0 Å². The monoisotopic (exact) mass is 454 g/mol. The summed E-state index contributed by atoms with van der Waals surface area (Å²) in [6.07, 6.45) is 3.91. The molecule has 3 aromatic heterocycles. The molecule has 6 rings (SSSR count). The SMILES string of the molecule is CCc1cccc(-n2c(=O)c3cn[nH]c3c3cnc(NC[C@H]4COc5ccccc5O4)nc32)c1. The third kappa shape index (κ3) is 3.42. The van der Waals surface area contributed by atoms with Crippen molar-refractivity contribution >= 4 is 27.9 Å². The molecule has 0 saturated heterocycles. The molecule has 0 aliphatic carbocycles. The van der Waals surface area contributed by atoms with Gasteiger partial charge in [-0.2, -0.15) is 10.1 Å². The van der Waals surface area contributed by atoms with Crippen molar-refractivity contribution in [3.05, 3.63) is 76.8 Å². The van der Waals surface area contributed by atoms with Gasteiger partial charge in [-0.3, -0.25) is 14.5 Å². The van der Waals surface area contributed by atoms with E-state index in [0.29, 0.717) is 46.8 Å². The smallest absolute Gasteiger partial charge is 0.267 e. The Bertz CT molecular complexity index is 1570. The zero-order valence-electron chi connectivity index (χ0n) is 18.5. The average Bonchev–Trinajstić information content (AvgIpc) is 3.38. The minimum absolute atomic E-state index is 0.185. The molecule has 0 unspecified atom stereocenters. The number of hydrogen-bond donors (Lipinski definition) is 2. The van der Waals surface area contributed by atoms with Gasteiger partial charge in [0.15, 0.2) is 17.1 Å². The Balaban J connectivity index is 1.38. The average molecular weight is 454 g/mol. The van der Waals surface area contributed by atoms with Gasteiger partial charge in [0.25, 0.3) is 5.56 Å². The van der Waals surface area contributed by atoms with Crippen molar-refractivity contribution in [2.24, 2.45) is 0 Å². The van der Waals surface area contributed by atoms with E-state index in [1.165, 1.54) is 0 Å². The van der Waals surface area contributed by atoms with E-state index in [1.807, 2.05) is 48.5 Å². The van der Waals surface area contributed by atoms with Gasteiger partial charge in [0.2, 0.25) is 5.95 Å². The lowest BCUT2D eigenvalue weighted by Gasteiger charge is -2.26. The van der Waals surface area contributed by atoms with E-state index in [9.17, 15) is 4.79 Å². The van der Waals surface area contributed by atoms with Crippen LogP contribution in [0, 0.1) is 0 Å². The summed E-state index contributed by atoms with van der Waals surface area (Å²) in [5.41, 5.74) is 2.82. The Morgan fingerprint density at radius 3 is 2.88 bits per heavy atom. The fourth-order valence-corrected chi connectivity index (χ4v) is 4.20. The van der Waals surface area contributed by atoms with E-state index in [4.69, 9.17) is 14.5 Å². The highest BCUT2D eigenvalue weighted by Gasteiger charge is 2.21. The number of H-pyrrole nitrogens is 1. The molecule has 4 heterocycles. The predicted molar refractivity (Wildman–Crippen MR) is 129 cm³/mol. The molecule has 34 heavy (non-hydrogen) atoms. The van der Waals surface area contributed by atoms with Crippen LogP contribution in [0.1, 0.15) is 12.5 Å². The van der Waals surface area contributed by atoms with Crippen molar-refractivity contribution in [1.29, 1.82) is 0 Å². The first kappa shape index (κ1) is 20.2. The van der Waals surface area contributed by atoms with Crippen molar-refractivity contribution in [3.8, 4) is 17.2 Å². The molecule has 0 bridgehead atoms. The first-order valence-electron chi connectivity index (χ1n) is 11.2. The van der Waals surface area contributed by atoms with Crippen LogP contribution in [0.5, 0.6) is 11.5 Å². The van der Waals surface area contributed by atoms with E-state index in [-0.39, 0.29) is 11.7 Å². The molecule has 170 valence electrons. The van der Waals surface area contributed by atoms with E-state index in [1.54, 1.807) is 17.0 Å². The number of aromatic amines is 1. The number of ether oxygens (including phenoxy) is 2. The van der Waals surface area contributed by atoms with Gasteiger partial charge in [-0.05, 0) is 36.2 Å². The molecule has 1 atom stereocenters. The van der Waals surface area contributed by atoms with Gasteiger partial charge in [-0.15, -0.1) is 0 Å². The molecule has 0 saturated carbocycles. The molecule has 5 aromatic rings. The van der Waals surface area contributed by atoms with Crippen LogP contribution in [0.2, 0.25) is 0 Å². The van der Waals surface area contributed by atoms with Crippen molar-refractivity contribution < 1.29 is 9.47 Å². The zero-order chi connectivity index (χ0) is 23.1. The number of pyridine rings is 1. The third-order valence-electron chi connectivity index (χ3n) is 5.96. The van der Waals surface area contributed by atoms with Gasteiger partial charge < -0.3 is 14.8 Å². The van der Waals surface area contributed by atoms with E-state index in [0.717, 1.165) is 23.4 Å². The van der Waals surface area contributed by atoms with Crippen LogP contribution in [0.4, 0.5) is 5.95 Å². The molecular weight excluding hydrogens is 432 g/mol. The van der Waals surface area contributed by atoms with Crippen LogP contribution in [0.25, 0.3) is 27.6 Å². The fourth-order valence-electron chi connectivity index (χ4n) is 4.20. The number of aryl methyl sites for hydroxylation is 1. The van der Waals surface area contributed by atoms with Gasteiger partial charge in [-0.25, -0.2) is 4.98 Å². The van der Waals surface area contributed by atoms with Gasteiger partial charge in [0.05, 0.1) is 34.7 Å². The molecule has 0 fully saturated rings. The predicted octanol–water partition coefficient (Wildman–Crippen LogP) is 3.47. The van der Waals surface area contributed by atoms with E-state index >= 15 is 0 Å². The Morgan fingerprint density at radius 1 is 1.12 bits per heavy atom. The van der Waals surface area contributed by atoms with Crippen LogP contribution in [0.15, 0.2) is 65.7 Å². The molecule has 2 aromatic carbocycles. The Kier molecular flexibility index (Phi) is 4.87. The maximum atomic E-state index is 13.4. The number of nitrogens with zero attached hydrogens (tertiary/aromatic N) is 4. The van der Waals surface area contributed by atoms with Crippen LogP contribution >= 0.6 is 0 Å². The minimum atomic E-state index is -0.201. The number of nitrogens with one attached hydrogen (secondary N) is 2. The molecule has 9 heteroatoms. The highest BCUT2D eigenvalue weighted by Crippen LogP contribution is 2.31. The maximum Gasteiger partial charge on any atom is 0.267 e. The number of hydrogen-bond acceptors (Lipinski definition) is 7. The summed E-state index contributed by atoms with van der Waals surface area (Å²) in [4.78, 5) is 22.6. The first-order chi connectivity index (χ1) is 16.7. The summed E-state index contributed by atoms with van der Waals surface area (Å²) in [7, 11) is 0. The topological polar surface area (TPSA) is 107 Å². The second kappa shape index (κ2) is 8.18. The van der Waals surface area contributed by atoms with Crippen molar-refractivity contribution in [1.82, 2.24) is 24.7 Å². The number of aromatic nitrogens is 5. The molecule has 2 N–H and O–H groups in total.